The van der Waals surface area contributed by atoms with Crippen molar-refractivity contribution in [2.45, 2.75) is 13.0 Å². The first-order chi connectivity index (χ1) is 12.6. The van der Waals surface area contributed by atoms with Crippen LogP contribution in [0.25, 0.3) is 5.69 Å². The molecule has 26 heavy (non-hydrogen) atoms. The molecular weight excluding hydrogens is 326 g/mol. The highest BCUT2D eigenvalue weighted by atomic mass is 16.1. The van der Waals surface area contributed by atoms with Crippen molar-refractivity contribution in [3.05, 3.63) is 77.9 Å². The van der Waals surface area contributed by atoms with Crippen molar-refractivity contribution < 1.29 is 4.79 Å². The number of carbonyl (C=O) groups excluding carboxylic acids is 1. The second-order valence-electron chi connectivity index (χ2n) is 6.41. The van der Waals surface area contributed by atoms with Gasteiger partial charge < -0.3 is 10.2 Å². The van der Waals surface area contributed by atoms with Gasteiger partial charge in [-0.05, 0) is 50.3 Å². The van der Waals surface area contributed by atoms with Crippen molar-refractivity contribution in [3.8, 4) is 5.69 Å². The van der Waals surface area contributed by atoms with Crippen LogP contribution in [0.2, 0.25) is 0 Å². The summed E-state index contributed by atoms with van der Waals surface area (Å²) in [4.78, 5) is 18.7. The van der Waals surface area contributed by atoms with Crippen LogP contribution in [0.15, 0.2) is 61.2 Å². The van der Waals surface area contributed by atoms with E-state index in [1.807, 2.05) is 62.9 Å². The smallest absolute Gasteiger partial charge is 0.253 e. The van der Waals surface area contributed by atoms with Crippen LogP contribution in [0, 0.1) is 0 Å². The van der Waals surface area contributed by atoms with Gasteiger partial charge in [-0.3, -0.25) is 9.78 Å². The largest absolute Gasteiger partial charge is 0.352 e. The second-order valence-corrected chi connectivity index (χ2v) is 6.41. The van der Waals surface area contributed by atoms with Crippen molar-refractivity contribution in [1.29, 1.82) is 0 Å². The Morgan fingerprint density at radius 2 is 1.88 bits per heavy atom. The molecule has 0 saturated heterocycles. The molecule has 0 atom stereocenters. The first-order valence-corrected chi connectivity index (χ1v) is 8.58. The van der Waals surface area contributed by atoms with Crippen LogP contribution < -0.4 is 5.32 Å². The van der Waals surface area contributed by atoms with E-state index in [-0.39, 0.29) is 5.91 Å². The number of benzene rings is 1. The summed E-state index contributed by atoms with van der Waals surface area (Å²) in [5, 5.41) is 7.40. The van der Waals surface area contributed by atoms with E-state index in [9.17, 15) is 4.79 Å². The minimum absolute atomic E-state index is 0.0979. The van der Waals surface area contributed by atoms with E-state index in [0.717, 1.165) is 29.8 Å². The van der Waals surface area contributed by atoms with E-state index in [1.54, 1.807) is 17.1 Å². The molecule has 3 aromatic rings. The molecule has 0 aliphatic carbocycles. The first kappa shape index (κ1) is 17.8. The van der Waals surface area contributed by atoms with Crippen molar-refractivity contribution in [2.24, 2.45) is 0 Å². The Hall–Kier alpha value is -2.99. The van der Waals surface area contributed by atoms with Crippen LogP contribution in [0.5, 0.6) is 0 Å². The van der Waals surface area contributed by atoms with Gasteiger partial charge in [0.05, 0.1) is 17.4 Å². The van der Waals surface area contributed by atoms with Crippen LogP contribution in [-0.4, -0.2) is 46.2 Å². The van der Waals surface area contributed by atoms with E-state index in [4.69, 9.17) is 0 Å². The van der Waals surface area contributed by atoms with Gasteiger partial charge in [0.15, 0.2) is 0 Å². The molecule has 1 amide bonds. The summed E-state index contributed by atoms with van der Waals surface area (Å²) in [6.07, 6.45) is 8.08. The number of pyridine rings is 1. The second kappa shape index (κ2) is 8.40. The van der Waals surface area contributed by atoms with E-state index < -0.39 is 0 Å². The maximum absolute atomic E-state index is 12.6. The molecule has 0 fully saturated rings. The zero-order valence-corrected chi connectivity index (χ0v) is 15.1. The summed E-state index contributed by atoms with van der Waals surface area (Å²) in [6.45, 7) is 1.38. The van der Waals surface area contributed by atoms with Gasteiger partial charge in [0.2, 0.25) is 0 Å². The number of amides is 1. The van der Waals surface area contributed by atoms with E-state index in [2.05, 4.69) is 20.3 Å². The van der Waals surface area contributed by atoms with Gasteiger partial charge in [-0.2, -0.15) is 5.10 Å². The Labute approximate surface area is 153 Å². The molecule has 2 aromatic heterocycles. The number of hydrogen-bond donors (Lipinski definition) is 1. The molecule has 0 bridgehead atoms. The average Bonchev–Trinajstić information content (AvgIpc) is 3.10. The Morgan fingerprint density at radius 1 is 1.12 bits per heavy atom. The predicted octanol–water partition coefficient (Wildman–Crippen LogP) is 2.30. The third kappa shape index (κ3) is 4.55. The lowest BCUT2D eigenvalue weighted by molar-refractivity contribution is 0.0954. The molecule has 134 valence electrons. The number of para-hydroxylation sites is 1. The van der Waals surface area contributed by atoms with Gasteiger partial charge >= 0.3 is 0 Å². The molecule has 0 aliphatic heterocycles. The Bertz CT molecular complexity index is 857. The quantitative estimate of drug-likeness (QED) is 0.711. The number of nitrogens with one attached hydrogen (secondary N) is 1. The molecule has 0 saturated carbocycles. The van der Waals surface area contributed by atoms with Gasteiger partial charge in [-0.25, -0.2) is 4.68 Å². The predicted molar refractivity (Wildman–Crippen MR) is 101 cm³/mol. The van der Waals surface area contributed by atoms with Crippen molar-refractivity contribution in [2.75, 3.05) is 20.6 Å². The monoisotopic (exact) mass is 349 g/mol. The summed E-state index contributed by atoms with van der Waals surface area (Å²) in [6, 6.07) is 11.4. The Balaban J connectivity index is 1.70. The van der Waals surface area contributed by atoms with Crippen LogP contribution in [0.1, 0.15) is 21.5 Å². The fourth-order valence-corrected chi connectivity index (χ4v) is 2.77. The lowest BCUT2D eigenvalue weighted by Crippen LogP contribution is -2.26. The minimum Gasteiger partial charge on any atom is -0.352 e. The zero-order chi connectivity index (χ0) is 18.4. The third-order valence-electron chi connectivity index (χ3n) is 3.98. The molecule has 0 spiro atoms. The van der Waals surface area contributed by atoms with Gasteiger partial charge in [0.25, 0.3) is 5.91 Å². The van der Waals surface area contributed by atoms with Gasteiger partial charge in [-0.1, -0.05) is 12.1 Å². The molecule has 6 heteroatoms. The number of nitrogens with zero attached hydrogens (tertiary/aromatic N) is 4. The van der Waals surface area contributed by atoms with Crippen molar-refractivity contribution in [1.82, 2.24) is 25.0 Å². The highest BCUT2D eigenvalue weighted by Gasteiger charge is 2.13. The molecule has 1 aromatic carbocycles. The molecular formula is C20H23N5O. The number of aromatic nitrogens is 3. The molecule has 1 N–H and O–H groups in total. The van der Waals surface area contributed by atoms with Gasteiger partial charge in [0, 0.05) is 37.2 Å². The molecule has 0 unspecified atom stereocenters. The molecule has 2 heterocycles. The minimum atomic E-state index is -0.0979. The highest BCUT2D eigenvalue weighted by Crippen LogP contribution is 2.15. The Morgan fingerprint density at radius 3 is 2.65 bits per heavy atom. The SMILES string of the molecule is CN(C)Cc1cnn(-c2ccccc2C(=O)NCCc2ccncc2)c1. The lowest BCUT2D eigenvalue weighted by Gasteiger charge is -2.10. The molecule has 0 aliphatic rings. The van der Waals surface area contributed by atoms with E-state index in [0.29, 0.717) is 12.1 Å². The van der Waals surface area contributed by atoms with Crippen LogP contribution >= 0.6 is 0 Å². The highest BCUT2D eigenvalue weighted by molar-refractivity contribution is 5.97. The number of hydrogen-bond acceptors (Lipinski definition) is 4. The third-order valence-corrected chi connectivity index (χ3v) is 3.98. The molecule has 6 nitrogen and oxygen atoms in total. The number of carbonyl (C=O) groups is 1. The topological polar surface area (TPSA) is 63.1 Å². The number of rotatable bonds is 7. The summed E-state index contributed by atoms with van der Waals surface area (Å²) in [5.74, 6) is -0.0979. The summed E-state index contributed by atoms with van der Waals surface area (Å²) >= 11 is 0. The fourth-order valence-electron chi connectivity index (χ4n) is 2.77. The van der Waals surface area contributed by atoms with Crippen LogP contribution in [0.4, 0.5) is 0 Å². The normalized spacial score (nSPS) is 10.9. The lowest BCUT2D eigenvalue weighted by atomic mass is 10.1. The molecule has 3 rings (SSSR count). The van der Waals surface area contributed by atoms with Crippen molar-refractivity contribution >= 4 is 5.91 Å². The summed E-state index contributed by atoms with van der Waals surface area (Å²) in [5.41, 5.74) is 3.64. The van der Waals surface area contributed by atoms with E-state index >= 15 is 0 Å². The standard InChI is InChI=1S/C20H23N5O/c1-24(2)14-17-13-23-25(15-17)19-6-4-3-5-18(19)20(26)22-12-9-16-7-10-21-11-8-16/h3-8,10-11,13,15H,9,12,14H2,1-2H3,(H,22,26). The summed E-state index contributed by atoms with van der Waals surface area (Å²) in [7, 11) is 4.03. The van der Waals surface area contributed by atoms with Crippen molar-refractivity contribution in [3.63, 3.8) is 0 Å². The fraction of sp³-hybridized carbons (Fsp3) is 0.250. The van der Waals surface area contributed by atoms with E-state index in [1.165, 1.54) is 0 Å². The zero-order valence-electron chi connectivity index (χ0n) is 15.1. The van der Waals surface area contributed by atoms with Gasteiger partial charge in [0.1, 0.15) is 0 Å². The maximum atomic E-state index is 12.6. The first-order valence-electron chi connectivity index (χ1n) is 8.58. The summed E-state index contributed by atoms with van der Waals surface area (Å²) < 4.78 is 1.76. The van der Waals surface area contributed by atoms with Crippen LogP contribution in [-0.2, 0) is 13.0 Å². The average molecular weight is 349 g/mol. The maximum Gasteiger partial charge on any atom is 0.253 e. The van der Waals surface area contributed by atoms with Crippen LogP contribution in [0.3, 0.4) is 0 Å². The van der Waals surface area contributed by atoms with Gasteiger partial charge in [-0.15, -0.1) is 0 Å². The molecule has 0 radical (unpaired) electrons. The Kier molecular flexibility index (Phi) is 5.76.